The highest BCUT2D eigenvalue weighted by Crippen LogP contribution is 2.36. The Morgan fingerprint density at radius 2 is 0.960 bits per heavy atom. The van der Waals surface area contributed by atoms with Gasteiger partial charge < -0.3 is 28.9 Å². The molecule has 6 atom stereocenters. The van der Waals surface area contributed by atoms with Gasteiger partial charge in [0.2, 0.25) is 11.8 Å². The van der Waals surface area contributed by atoms with Crippen LogP contribution in [0.25, 0.3) is 28.5 Å². The first kappa shape index (κ1) is 71.1. The molecule has 3 amide bonds. The molecular formula is C67H60F12N14O6. The second-order valence-electron chi connectivity index (χ2n) is 23.1. The van der Waals surface area contributed by atoms with Gasteiger partial charge in [0.05, 0.1) is 87.5 Å². The van der Waals surface area contributed by atoms with Crippen molar-refractivity contribution in [1.29, 1.82) is 0 Å². The third kappa shape index (κ3) is 17.0. The fraction of sp³-hybridized carbons (Fsp3) is 0.328. The van der Waals surface area contributed by atoms with Crippen LogP contribution in [0.3, 0.4) is 0 Å². The Bertz CT molecular complexity index is 4260. The summed E-state index contributed by atoms with van der Waals surface area (Å²) in [6, 6.07) is 17.5. The number of pyridine rings is 4. The van der Waals surface area contributed by atoms with Gasteiger partial charge in [-0.3, -0.25) is 19.4 Å². The van der Waals surface area contributed by atoms with Crippen molar-refractivity contribution in [2.24, 2.45) is 0 Å². The Morgan fingerprint density at radius 1 is 0.465 bits per heavy atom. The molecule has 7 aromatic heterocycles. The molecule has 2 aromatic carbocycles. The largest absolute Gasteiger partial charge is 0.472 e. The number of aromatic nitrogens is 11. The highest BCUT2D eigenvalue weighted by Gasteiger charge is 2.40. The molecule has 0 aliphatic carbocycles. The van der Waals surface area contributed by atoms with Crippen LogP contribution in [-0.4, -0.2) is 143 Å². The fourth-order valence-corrected chi connectivity index (χ4v) is 11.3. The van der Waals surface area contributed by atoms with Gasteiger partial charge in [0.25, 0.3) is 23.6 Å². The van der Waals surface area contributed by atoms with E-state index in [1.165, 1.54) is 40.3 Å². The van der Waals surface area contributed by atoms with E-state index in [0.717, 1.165) is 48.4 Å². The van der Waals surface area contributed by atoms with Gasteiger partial charge in [-0.15, -0.1) is 0 Å². The maximum absolute atomic E-state index is 14.7. The Morgan fingerprint density at radius 3 is 1.47 bits per heavy atom. The molecular weight excluding hydrogens is 1320 g/mol. The molecule has 0 N–H and O–H groups in total. The van der Waals surface area contributed by atoms with Crippen molar-refractivity contribution >= 4 is 17.7 Å². The maximum Gasteiger partial charge on any atom is 0.417 e. The lowest BCUT2D eigenvalue weighted by Crippen LogP contribution is -2.51. The zero-order chi connectivity index (χ0) is 70.9. The van der Waals surface area contributed by atoms with Crippen LogP contribution >= 0.6 is 0 Å². The topological polar surface area (TPSA) is 222 Å². The molecule has 0 saturated carbocycles. The predicted octanol–water partition coefficient (Wildman–Crippen LogP) is 13.1. The van der Waals surface area contributed by atoms with Gasteiger partial charge >= 0.3 is 18.5 Å². The lowest BCUT2D eigenvalue weighted by atomic mass is 9.97. The van der Waals surface area contributed by atoms with Crippen molar-refractivity contribution < 1.29 is 81.3 Å². The molecule has 10 heterocycles. The summed E-state index contributed by atoms with van der Waals surface area (Å²) in [5.74, 6) is -3.85. The zero-order valence-corrected chi connectivity index (χ0v) is 52.9. The van der Waals surface area contributed by atoms with Crippen LogP contribution < -0.4 is 14.2 Å². The summed E-state index contributed by atoms with van der Waals surface area (Å²) >= 11 is 0. The van der Waals surface area contributed by atoms with Crippen LogP contribution in [0.2, 0.25) is 0 Å². The number of hydrogen-bond donors (Lipinski definition) is 0. The van der Waals surface area contributed by atoms with E-state index in [-0.39, 0.29) is 52.3 Å². The summed E-state index contributed by atoms with van der Waals surface area (Å²) in [4.78, 5) is 77.9. The lowest BCUT2D eigenvalue weighted by Gasteiger charge is -2.39. The van der Waals surface area contributed by atoms with Gasteiger partial charge in [-0.1, -0.05) is 18.2 Å². The van der Waals surface area contributed by atoms with Crippen LogP contribution in [0.4, 0.5) is 52.7 Å². The van der Waals surface area contributed by atoms with Crippen LogP contribution in [0.15, 0.2) is 147 Å². The number of alkyl halides is 9. The summed E-state index contributed by atoms with van der Waals surface area (Å²) in [5, 5.41) is 8.16. The first-order chi connectivity index (χ1) is 47.1. The molecule has 3 fully saturated rings. The number of aryl methyl sites for hydroxylation is 1. The minimum atomic E-state index is -4.70. The summed E-state index contributed by atoms with van der Waals surface area (Å²) in [7, 11) is 0. The number of piperidine rings is 3. The molecule has 99 heavy (non-hydrogen) atoms. The average molecular weight is 1390 g/mol. The van der Waals surface area contributed by atoms with Gasteiger partial charge in [0.15, 0.2) is 23.3 Å². The number of carbonyl (C=O) groups is 3. The molecule has 518 valence electrons. The summed E-state index contributed by atoms with van der Waals surface area (Å²) < 4.78 is 174. The smallest absolute Gasteiger partial charge is 0.417 e. The van der Waals surface area contributed by atoms with E-state index < -0.39 is 94.9 Å². The summed E-state index contributed by atoms with van der Waals surface area (Å²) in [6.07, 6.45) is -0.246. The second-order valence-corrected chi connectivity index (χ2v) is 23.1. The minimum Gasteiger partial charge on any atom is -0.472 e. The molecule has 32 heteroatoms. The third-order valence-electron chi connectivity index (χ3n) is 16.5. The molecule has 0 spiro atoms. The Labute approximate surface area is 557 Å². The standard InChI is InChI=1S/C23H19F5N4O2.C23H22F3N5O2.C21H19F4N5O2/c1-13-18(34-19-8-7-14(10-29-19)23(26,27)28)6-3-9-32(13)22(33)16-4-2-5-17(25)20(16)21-30-11-15(24)12-31-21;1-14-11-17(21-27-8-4-9-28-21)20(30-12-14)22(32)31-10-3-5-18(15(31)2)33-19-7-6-16(13-29-19)23(24,25)26;1-13-18(32-19-16(22)11-14(12-26-19)21(23,24)25)7-4-10-29(13)20(31)15-5-2-3-6-17(15)30-27-8-9-28-30/h2,4-5,7-8,10-13,18H,3,6,9H2,1H3;4,6-9,11-13,15,18H,3,5,10H2,1-2H3;2-3,5-6,8-9,11-13,18H,4,7,10H2,1H3/t13-,18+;15-,18+;13-,18+/m000/s1. The Hall–Kier alpha value is -10.7. The molecule has 3 aliphatic rings. The van der Waals surface area contributed by atoms with E-state index in [1.807, 2.05) is 19.9 Å². The number of rotatable bonds is 12. The minimum absolute atomic E-state index is 0.00491. The van der Waals surface area contributed by atoms with E-state index in [4.69, 9.17) is 14.2 Å². The first-order valence-corrected chi connectivity index (χ1v) is 30.8. The number of nitrogens with zero attached hydrogens (tertiary/aromatic N) is 14. The number of likely N-dealkylation sites (tertiary alicyclic amines) is 3. The highest BCUT2D eigenvalue weighted by molar-refractivity contribution is 6.01. The number of halogens is 12. The highest BCUT2D eigenvalue weighted by atomic mass is 19.4. The number of hydrogen-bond acceptors (Lipinski definition) is 16. The number of amides is 3. The lowest BCUT2D eigenvalue weighted by molar-refractivity contribution is -0.138. The monoisotopic (exact) mass is 1380 g/mol. The fourth-order valence-electron chi connectivity index (χ4n) is 11.3. The molecule has 0 radical (unpaired) electrons. The van der Waals surface area contributed by atoms with Crippen molar-refractivity contribution in [2.75, 3.05) is 19.6 Å². The van der Waals surface area contributed by atoms with Crippen molar-refractivity contribution in [2.45, 2.75) is 121 Å². The number of ether oxygens (including phenoxy) is 3. The van der Waals surface area contributed by atoms with Gasteiger partial charge in [0, 0.05) is 68.9 Å². The number of benzene rings is 2. The quantitative estimate of drug-likeness (QED) is 0.104. The van der Waals surface area contributed by atoms with Gasteiger partial charge in [-0.25, -0.2) is 48.1 Å². The van der Waals surface area contributed by atoms with Gasteiger partial charge in [-0.05, 0) is 126 Å². The maximum atomic E-state index is 14.7. The van der Waals surface area contributed by atoms with E-state index in [1.54, 1.807) is 72.6 Å². The van der Waals surface area contributed by atoms with Crippen LogP contribution in [0.1, 0.15) is 113 Å². The van der Waals surface area contributed by atoms with Gasteiger partial charge in [0.1, 0.15) is 29.8 Å². The SMILES string of the molecule is C[C@H]1[C@H](Oc2ccc(C(F)(F)F)cn2)CCCN1C(=O)c1cccc(F)c1-c1ncc(F)cn1.C[C@H]1[C@H](Oc2ncc(C(F)(F)F)cc2F)CCCN1C(=O)c1ccccc1-n1nccn1.Cc1cnc(C(=O)N2CCC[C@@H](Oc3ccc(C(F)(F)F)cn3)[C@@H]2C)c(-c2ncccn2)c1. The van der Waals surface area contributed by atoms with Crippen molar-refractivity contribution in [3.8, 4) is 46.1 Å². The van der Waals surface area contributed by atoms with Crippen LogP contribution in [0, 0.1) is 24.4 Å². The van der Waals surface area contributed by atoms with Gasteiger partial charge in [-0.2, -0.15) is 54.5 Å². The molecule has 3 aliphatic heterocycles. The molecule has 12 rings (SSSR count). The number of para-hydroxylation sites is 1. The van der Waals surface area contributed by atoms with Crippen LogP contribution in [-0.2, 0) is 18.5 Å². The molecule has 20 nitrogen and oxygen atoms in total. The molecule has 0 bridgehead atoms. The second kappa shape index (κ2) is 30.4. The zero-order valence-electron chi connectivity index (χ0n) is 52.9. The van der Waals surface area contributed by atoms with Crippen molar-refractivity contribution in [1.82, 2.24) is 69.6 Å². The van der Waals surface area contributed by atoms with Crippen LogP contribution in [0.5, 0.6) is 17.6 Å². The third-order valence-corrected chi connectivity index (χ3v) is 16.5. The summed E-state index contributed by atoms with van der Waals surface area (Å²) in [6.45, 7) is 8.52. The first-order valence-electron chi connectivity index (χ1n) is 30.8. The Kier molecular flexibility index (Phi) is 21.8. The van der Waals surface area contributed by atoms with Crippen molar-refractivity contribution in [3.05, 3.63) is 203 Å². The van der Waals surface area contributed by atoms with Crippen molar-refractivity contribution in [3.63, 3.8) is 0 Å². The average Bonchev–Trinajstić information content (AvgIpc) is 1.38. The molecule has 3 saturated heterocycles. The van der Waals surface area contributed by atoms with E-state index >= 15 is 0 Å². The van der Waals surface area contributed by atoms with E-state index in [9.17, 15) is 67.1 Å². The van der Waals surface area contributed by atoms with E-state index in [2.05, 4.69) is 50.1 Å². The summed E-state index contributed by atoms with van der Waals surface area (Å²) in [5.41, 5.74) is -0.524. The molecule has 9 aromatic rings. The number of carbonyl (C=O) groups excluding carboxylic acids is 3. The Balaban J connectivity index is 0.000000161. The van der Waals surface area contributed by atoms with E-state index in [0.29, 0.717) is 99.3 Å². The normalized spacial score (nSPS) is 18.8. The molecule has 0 unspecified atom stereocenters. The predicted molar refractivity (Wildman–Crippen MR) is 329 cm³/mol.